The molecule has 0 fully saturated rings. The molecule has 0 aliphatic rings. The number of hydrogen-bond acceptors (Lipinski definition) is 3. The number of imidazole rings is 1. The number of hydrogen-bond donors (Lipinski definition) is 1. The van der Waals surface area contributed by atoms with Gasteiger partial charge in [0.05, 0.1) is 39.0 Å². The zero-order chi connectivity index (χ0) is 59.5. The maximum absolute atomic E-state index is 12.7. The molecule has 0 saturated carbocycles. The Morgan fingerprint density at radius 3 is 1.57 bits per heavy atom. The lowest BCUT2D eigenvalue weighted by Crippen LogP contribution is -2.17. The van der Waals surface area contributed by atoms with E-state index in [1.165, 1.54) is 49.7 Å². The van der Waals surface area contributed by atoms with Gasteiger partial charge in [-0.1, -0.05) is 216 Å². The summed E-state index contributed by atoms with van der Waals surface area (Å²) >= 11 is 0. The number of pyridine rings is 1. The second-order valence-electron chi connectivity index (χ2n) is 29.5. The van der Waals surface area contributed by atoms with Crippen LogP contribution in [-0.2, 0) is 32.5 Å². The molecule has 0 amide bonds. The summed E-state index contributed by atoms with van der Waals surface area (Å²) in [5.41, 5.74) is 21.8. The topological polar surface area (TPSA) is 55.9 Å². The number of rotatable bonds is 7. The summed E-state index contributed by atoms with van der Waals surface area (Å²) in [5.74, 6) is 0.946. The van der Waals surface area contributed by atoms with Crippen molar-refractivity contribution in [2.75, 3.05) is 0 Å². The van der Waals surface area contributed by atoms with Gasteiger partial charge in [0.15, 0.2) is 0 Å². The highest BCUT2D eigenvalue weighted by Gasteiger charge is 2.31. The molecular formula is C78H84N4O. The van der Waals surface area contributed by atoms with Crippen LogP contribution >= 0.6 is 0 Å². The van der Waals surface area contributed by atoms with E-state index in [0.29, 0.717) is 11.4 Å². The average molecular weight is 1090 g/mol. The molecule has 0 unspecified atom stereocenters. The number of fused-ring (bicyclic) bond motifs is 4. The van der Waals surface area contributed by atoms with Crippen LogP contribution in [0.4, 0.5) is 0 Å². The van der Waals surface area contributed by atoms with E-state index in [-0.39, 0.29) is 38.2 Å². The summed E-state index contributed by atoms with van der Waals surface area (Å²) in [6, 6.07) is 62.8. The van der Waals surface area contributed by atoms with Crippen molar-refractivity contribution in [2.24, 2.45) is 0 Å². The number of nitrogens with zero attached hydrogens (tertiary/aromatic N) is 4. The van der Waals surface area contributed by atoms with Gasteiger partial charge in [0.1, 0.15) is 11.6 Å². The zero-order valence-electron chi connectivity index (χ0n) is 52.5. The van der Waals surface area contributed by atoms with Crippen molar-refractivity contribution in [2.45, 2.75) is 157 Å². The fourth-order valence-corrected chi connectivity index (χ4v) is 11.8. The van der Waals surface area contributed by atoms with E-state index >= 15 is 0 Å². The van der Waals surface area contributed by atoms with Crippen LogP contribution in [0, 0.1) is 0 Å². The molecule has 11 rings (SSSR count). The normalized spacial score (nSPS) is 13.0. The number of para-hydroxylation sites is 2. The molecule has 3 heterocycles. The van der Waals surface area contributed by atoms with Crippen LogP contribution in [0.5, 0.6) is 5.75 Å². The summed E-state index contributed by atoms with van der Waals surface area (Å²) in [6.07, 6.45) is 1.96. The first kappa shape index (κ1) is 56.8. The van der Waals surface area contributed by atoms with Gasteiger partial charge in [-0.05, 0) is 161 Å². The summed E-state index contributed by atoms with van der Waals surface area (Å²) in [6.45, 7) is 40.8. The first-order valence-electron chi connectivity index (χ1n) is 29.8. The molecular weight excluding hydrogens is 1010 g/mol. The van der Waals surface area contributed by atoms with E-state index in [9.17, 15) is 5.11 Å². The molecule has 11 aromatic rings. The van der Waals surface area contributed by atoms with Crippen LogP contribution in [0.15, 0.2) is 176 Å². The van der Waals surface area contributed by atoms with Crippen molar-refractivity contribution in [3.05, 3.63) is 209 Å². The molecule has 0 aliphatic carbocycles. The highest BCUT2D eigenvalue weighted by Crippen LogP contribution is 2.47. The van der Waals surface area contributed by atoms with E-state index in [4.69, 9.17) is 9.97 Å². The molecule has 0 atom stereocenters. The molecule has 0 bridgehead atoms. The third-order valence-electron chi connectivity index (χ3n) is 17.0. The van der Waals surface area contributed by atoms with Crippen molar-refractivity contribution in [1.82, 2.24) is 19.1 Å². The highest BCUT2D eigenvalue weighted by molar-refractivity contribution is 6.10. The van der Waals surface area contributed by atoms with Gasteiger partial charge in [-0.2, -0.15) is 0 Å². The molecule has 422 valence electrons. The largest absolute Gasteiger partial charge is 0.507 e. The minimum absolute atomic E-state index is 0.0126. The number of benzene rings is 8. The Bertz CT molecular complexity index is 4280. The molecule has 5 nitrogen and oxygen atoms in total. The predicted molar refractivity (Wildman–Crippen MR) is 354 cm³/mol. The molecule has 1 N–H and O–H groups in total. The number of phenols is 1. The van der Waals surface area contributed by atoms with Crippen molar-refractivity contribution in [3.63, 3.8) is 0 Å². The van der Waals surface area contributed by atoms with E-state index < -0.39 is 0 Å². The van der Waals surface area contributed by atoms with Crippen LogP contribution in [0.2, 0.25) is 0 Å². The zero-order valence-corrected chi connectivity index (χ0v) is 52.5. The molecule has 0 aliphatic heterocycles. The maximum Gasteiger partial charge on any atom is 0.149 e. The van der Waals surface area contributed by atoms with Gasteiger partial charge >= 0.3 is 0 Å². The monoisotopic (exact) mass is 1090 g/mol. The van der Waals surface area contributed by atoms with Crippen LogP contribution in [-0.4, -0.2) is 24.2 Å². The minimum Gasteiger partial charge on any atom is -0.507 e. The summed E-state index contributed by atoms with van der Waals surface area (Å²) in [4.78, 5) is 10.9. The number of aromatic nitrogens is 4. The highest BCUT2D eigenvalue weighted by atomic mass is 16.3. The summed E-state index contributed by atoms with van der Waals surface area (Å²) < 4.78 is 4.77. The molecule has 0 spiro atoms. The molecule has 5 heteroatoms. The molecule has 0 saturated heterocycles. The molecule has 83 heavy (non-hydrogen) atoms. The Morgan fingerprint density at radius 2 is 0.916 bits per heavy atom. The van der Waals surface area contributed by atoms with Crippen molar-refractivity contribution < 1.29 is 5.11 Å². The SMILES string of the molecule is CC(C)(C)c1cc(-c2cc(-c3ccc4c(c3)c3ccccc3n4-c3cc(C(C)(C)C)cc(C(C)(C)C)c3)ccn2)cc(-c2cccc3c2nc(-c2cc(C(C)(C)C)cc(C(C)(C)C)c2O)n3-c2ccc(C(C)(C)C)cc2-c2ccccc2)c1. The van der Waals surface area contributed by atoms with Gasteiger partial charge in [0, 0.05) is 44.9 Å². The van der Waals surface area contributed by atoms with Gasteiger partial charge in [0.2, 0.25) is 0 Å². The second-order valence-corrected chi connectivity index (χ2v) is 29.5. The van der Waals surface area contributed by atoms with Gasteiger partial charge in [-0.3, -0.25) is 9.55 Å². The van der Waals surface area contributed by atoms with E-state index in [0.717, 1.165) is 72.5 Å². The smallest absolute Gasteiger partial charge is 0.149 e. The first-order valence-corrected chi connectivity index (χ1v) is 29.8. The summed E-state index contributed by atoms with van der Waals surface area (Å²) in [7, 11) is 0. The lowest BCUT2D eigenvalue weighted by molar-refractivity contribution is 0.446. The Labute approximate surface area is 494 Å². The standard InChI is InChI=1S/C78H84N4O/c1-73(2,3)53-32-34-67(61(45-53)48-25-20-19-21-26-48)82-69-30-24-28-59(70(69)80-72(82)63-46-57(77(13,14)15)47-64(71(63)83)78(16,17)18)51-37-52(39-54(38-51)74(4,5)6)65-41-50(35-36-79-65)49-31-33-68-62(40-49)60-27-22-23-29-66(60)81(68)58-43-55(75(7,8)9)42-56(44-58)76(10,11)12/h19-47,83H,1-18H3. The quantitative estimate of drug-likeness (QED) is 0.173. The van der Waals surface area contributed by atoms with Gasteiger partial charge in [-0.15, -0.1) is 0 Å². The lowest BCUT2D eigenvalue weighted by atomic mass is 9.79. The Kier molecular flexibility index (Phi) is 13.8. The van der Waals surface area contributed by atoms with E-state index in [1.54, 1.807) is 0 Å². The predicted octanol–water partition coefficient (Wildman–Crippen LogP) is 21.3. The molecule has 3 aromatic heterocycles. The van der Waals surface area contributed by atoms with Gasteiger partial charge in [-0.25, -0.2) is 4.98 Å². The van der Waals surface area contributed by atoms with Crippen LogP contribution in [0.1, 0.15) is 158 Å². The van der Waals surface area contributed by atoms with Crippen LogP contribution in [0.3, 0.4) is 0 Å². The second kappa shape index (κ2) is 20.1. The fourth-order valence-electron chi connectivity index (χ4n) is 11.8. The van der Waals surface area contributed by atoms with Crippen molar-refractivity contribution in [1.29, 1.82) is 0 Å². The van der Waals surface area contributed by atoms with Gasteiger partial charge < -0.3 is 9.67 Å². The number of aromatic hydroxyl groups is 1. The minimum atomic E-state index is -0.343. The van der Waals surface area contributed by atoms with Crippen molar-refractivity contribution in [3.8, 4) is 73.2 Å². The van der Waals surface area contributed by atoms with Crippen LogP contribution < -0.4 is 0 Å². The third-order valence-corrected chi connectivity index (χ3v) is 17.0. The maximum atomic E-state index is 12.7. The van der Waals surface area contributed by atoms with E-state index in [1.807, 2.05) is 6.20 Å². The Balaban J connectivity index is 1.11. The molecule has 0 radical (unpaired) electrons. The summed E-state index contributed by atoms with van der Waals surface area (Å²) in [5, 5.41) is 15.2. The lowest BCUT2D eigenvalue weighted by Gasteiger charge is -2.28. The van der Waals surface area contributed by atoms with Crippen LogP contribution in [0.25, 0.3) is 100 Å². The number of phenolic OH excluding ortho intramolecular Hbond substituents is 1. The van der Waals surface area contributed by atoms with E-state index in [2.05, 4.69) is 304 Å². The average Bonchev–Trinajstić information content (AvgIpc) is 1.86. The fraction of sp³-hybridized carbons (Fsp3) is 0.308. The molecule has 8 aromatic carbocycles. The Hall–Kier alpha value is -8.02. The third kappa shape index (κ3) is 10.7. The Morgan fingerprint density at radius 1 is 0.349 bits per heavy atom. The first-order chi connectivity index (χ1) is 38.8. The van der Waals surface area contributed by atoms with Gasteiger partial charge in [0.25, 0.3) is 0 Å². The van der Waals surface area contributed by atoms with Crippen molar-refractivity contribution >= 4 is 32.8 Å².